The van der Waals surface area contributed by atoms with Crippen LogP contribution in [0.3, 0.4) is 0 Å². The van der Waals surface area contributed by atoms with Crippen molar-refractivity contribution >= 4 is 17.6 Å². The first kappa shape index (κ1) is 18.0. The van der Waals surface area contributed by atoms with Crippen LogP contribution in [0.15, 0.2) is 42.9 Å². The molecule has 4 rings (SSSR count). The largest absolute Gasteiger partial charge is 0.478 e. The van der Waals surface area contributed by atoms with Gasteiger partial charge in [0.2, 0.25) is 5.95 Å². The van der Waals surface area contributed by atoms with Crippen molar-refractivity contribution in [2.24, 2.45) is 0 Å². The molecule has 1 aliphatic carbocycles. The van der Waals surface area contributed by atoms with Crippen molar-refractivity contribution in [2.75, 3.05) is 5.32 Å². The number of aromatic carboxylic acids is 1. The zero-order valence-electron chi connectivity index (χ0n) is 14.9. The molecule has 0 amide bonds. The van der Waals surface area contributed by atoms with Crippen LogP contribution in [0.4, 0.5) is 20.4 Å². The van der Waals surface area contributed by atoms with E-state index in [-0.39, 0.29) is 24.4 Å². The Kier molecular flexibility index (Phi) is 4.29. The third-order valence-corrected chi connectivity index (χ3v) is 4.68. The number of anilines is 2. The fourth-order valence-corrected chi connectivity index (χ4v) is 3.11. The van der Waals surface area contributed by atoms with Crippen LogP contribution in [0.5, 0.6) is 0 Å². The normalized spacial score (nSPS) is 15.8. The molecule has 1 aliphatic rings. The fourth-order valence-electron chi connectivity index (χ4n) is 3.11. The number of benzene rings is 1. The van der Waals surface area contributed by atoms with Gasteiger partial charge in [0.15, 0.2) is 0 Å². The summed E-state index contributed by atoms with van der Waals surface area (Å²) < 4.78 is 27.6. The summed E-state index contributed by atoms with van der Waals surface area (Å²) in [6.07, 6.45) is 4.45. The number of aromatic nitrogens is 4. The number of rotatable bonds is 5. The van der Waals surface area contributed by atoms with Crippen molar-refractivity contribution < 1.29 is 18.7 Å². The summed E-state index contributed by atoms with van der Waals surface area (Å²) in [5.74, 6) is -3.26. The minimum Gasteiger partial charge on any atom is -0.478 e. The molecular weight excluding hydrogens is 368 g/mol. The summed E-state index contributed by atoms with van der Waals surface area (Å²) in [5, 5.41) is 16.2. The van der Waals surface area contributed by atoms with Gasteiger partial charge in [-0.05, 0) is 24.6 Å². The summed E-state index contributed by atoms with van der Waals surface area (Å²) in [5.41, 5.74) is 3.07. The number of nitrogens with zero attached hydrogens (tertiary/aromatic N) is 4. The van der Waals surface area contributed by atoms with Crippen LogP contribution in [0, 0.1) is 6.92 Å². The van der Waals surface area contributed by atoms with Crippen LogP contribution in [0.2, 0.25) is 0 Å². The third kappa shape index (κ3) is 3.55. The molecule has 28 heavy (non-hydrogen) atoms. The highest BCUT2D eigenvalue weighted by molar-refractivity contribution is 5.88. The van der Waals surface area contributed by atoms with Gasteiger partial charge in [-0.3, -0.25) is 4.68 Å². The Hall–Kier alpha value is -3.36. The van der Waals surface area contributed by atoms with E-state index < -0.39 is 11.9 Å². The molecule has 7 nitrogen and oxygen atoms in total. The van der Waals surface area contributed by atoms with Crippen LogP contribution in [-0.4, -0.2) is 36.7 Å². The molecule has 0 radical (unpaired) electrons. The Balaban J connectivity index is 1.53. The van der Waals surface area contributed by atoms with Gasteiger partial charge in [0.05, 0.1) is 29.2 Å². The number of carboxylic acid groups (broad SMARTS) is 1. The summed E-state index contributed by atoms with van der Waals surface area (Å²) in [7, 11) is 0. The maximum Gasteiger partial charge on any atom is 0.335 e. The minimum atomic E-state index is -2.60. The monoisotopic (exact) mass is 385 g/mol. The molecule has 2 N–H and O–H groups in total. The first-order chi connectivity index (χ1) is 13.3. The number of nitrogens with one attached hydrogen (secondary N) is 1. The van der Waals surface area contributed by atoms with Crippen LogP contribution >= 0.6 is 0 Å². The van der Waals surface area contributed by atoms with Crippen LogP contribution < -0.4 is 5.32 Å². The van der Waals surface area contributed by atoms with Crippen LogP contribution in [-0.2, 0) is 0 Å². The zero-order chi connectivity index (χ0) is 19.9. The van der Waals surface area contributed by atoms with Gasteiger partial charge in [-0.25, -0.2) is 23.5 Å². The maximum atomic E-state index is 13.0. The van der Waals surface area contributed by atoms with Gasteiger partial charge in [0, 0.05) is 30.8 Å². The molecule has 0 saturated heterocycles. The molecule has 2 heterocycles. The molecule has 0 aliphatic heterocycles. The molecule has 1 saturated carbocycles. The Morgan fingerprint density at radius 2 is 1.96 bits per heavy atom. The van der Waals surface area contributed by atoms with Crippen molar-refractivity contribution in [1.29, 1.82) is 0 Å². The second kappa shape index (κ2) is 6.66. The number of hydrogen-bond donors (Lipinski definition) is 2. The average molecular weight is 385 g/mol. The van der Waals surface area contributed by atoms with Crippen molar-refractivity contribution in [1.82, 2.24) is 19.7 Å². The van der Waals surface area contributed by atoms with Gasteiger partial charge >= 0.3 is 5.97 Å². The number of alkyl halides is 2. The molecular formula is C19H17F2N5O2. The van der Waals surface area contributed by atoms with Gasteiger partial charge in [0.1, 0.15) is 0 Å². The Labute approximate surface area is 159 Å². The SMILES string of the molecule is Cc1cnc(Nc2cnn(C3CC(F)(F)C3)c2)nc1-c1ccc(C(=O)O)cc1. The van der Waals surface area contributed by atoms with Gasteiger partial charge in [0.25, 0.3) is 5.92 Å². The van der Waals surface area contributed by atoms with Gasteiger partial charge in [-0.1, -0.05) is 12.1 Å². The minimum absolute atomic E-state index is 0.197. The third-order valence-electron chi connectivity index (χ3n) is 4.68. The highest BCUT2D eigenvalue weighted by Crippen LogP contribution is 2.45. The number of halogens is 2. The lowest BCUT2D eigenvalue weighted by Gasteiger charge is -2.34. The molecule has 2 aromatic heterocycles. The number of hydrogen-bond acceptors (Lipinski definition) is 5. The average Bonchev–Trinajstić information content (AvgIpc) is 3.09. The van der Waals surface area contributed by atoms with E-state index in [9.17, 15) is 13.6 Å². The highest BCUT2D eigenvalue weighted by Gasteiger charge is 2.46. The summed E-state index contributed by atoms with van der Waals surface area (Å²) >= 11 is 0. The van der Waals surface area contributed by atoms with E-state index in [1.807, 2.05) is 6.92 Å². The lowest BCUT2D eigenvalue weighted by atomic mass is 9.88. The Morgan fingerprint density at radius 1 is 1.25 bits per heavy atom. The van der Waals surface area contributed by atoms with Crippen molar-refractivity contribution in [3.05, 3.63) is 54.0 Å². The fraction of sp³-hybridized carbons (Fsp3) is 0.263. The van der Waals surface area contributed by atoms with E-state index in [0.29, 0.717) is 17.3 Å². The number of carbonyl (C=O) groups is 1. The summed E-state index contributed by atoms with van der Waals surface area (Å²) in [4.78, 5) is 19.7. The molecule has 144 valence electrons. The van der Waals surface area contributed by atoms with E-state index >= 15 is 0 Å². The second-order valence-corrected chi connectivity index (χ2v) is 6.86. The van der Waals surface area contributed by atoms with Crippen molar-refractivity contribution in [3.8, 4) is 11.3 Å². The van der Waals surface area contributed by atoms with Crippen LogP contribution in [0.1, 0.15) is 34.8 Å². The maximum absolute atomic E-state index is 13.0. The lowest BCUT2D eigenvalue weighted by Crippen LogP contribution is -2.37. The van der Waals surface area contributed by atoms with Crippen molar-refractivity contribution in [3.63, 3.8) is 0 Å². The van der Waals surface area contributed by atoms with E-state index in [0.717, 1.165) is 11.1 Å². The van der Waals surface area contributed by atoms with Gasteiger partial charge in [-0.2, -0.15) is 5.10 Å². The molecule has 1 fully saturated rings. The lowest BCUT2D eigenvalue weighted by molar-refractivity contribution is -0.106. The van der Waals surface area contributed by atoms with Crippen LogP contribution in [0.25, 0.3) is 11.3 Å². The molecule has 3 aromatic rings. The summed E-state index contributed by atoms with van der Waals surface area (Å²) in [6.45, 7) is 1.86. The van der Waals surface area contributed by atoms with E-state index in [4.69, 9.17) is 5.11 Å². The predicted molar refractivity (Wildman–Crippen MR) is 97.9 cm³/mol. The first-order valence-corrected chi connectivity index (χ1v) is 8.67. The first-order valence-electron chi connectivity index (χ1n) is 8.67. The van der Waals surface area contributed by atoms with Gasteiger partial charge in [-0.15, -0.1) is 0 Å². The number of carboxylic acids is 1. The molecule has 0 spiro atoms. The molecule has 1 aromatic carbocycles. The predicted octanol–water partition coefficient (Wildman–Crippen LogP) is 4.06. The Morgan fingerprint density at radius 3 is 2.61 bits per heavy atom. The highest BCUT2D eigenvalue weighted by atomic mass is 19.3. The topological polar surface area (TPSA) is 92.9 Å². The molecule has 0 atom stereocenters. The molecule has 9 heteroatoms. The standard InChI is InChI=1S/C19H17F2N5O2/c1-11-8-22-18(25-16(11)12-2-4-13(5-3-12)17(27)28)24-14-9-23-26(10-14)15-6-19(20,21)7-15/h2-5,8-10,15H,6-7H2,1H3,(H,27,28)(H,22,24,25). The van der Waals surface area contributed by atoms with E-state index in [1.54, 1.807) is 30.7 Å². The quantitative estimate of drug-likeness (QED) is 0.688. The van der Waals surface area contributed by atoms with E-state index in [1.165, 1.54) is 16.8 Å². The van der Waals surface area contributed by atoms with E-state index in [2.05, 4.69) is 20.4 Å². The van der Waals surface area contributed by atoms with Gasteiger partial charge < -0.3 is 10.4 Å². The van der Waals surface area contributed by atoms with Crippen molar-refractivity contribution in [2.45, 2.75) is 31.7 Å². The Bertz CT molecular complexity index is 1030. The molecule has 0 unspecified atom stereocenters. The number of aryl methyl sites for hydroxylation is 1. The summed E-state index contributed by atoms with van der Waals surface area (Å²) in [6, 6.07) is 6.12. The smallest absolute Gasteiger partial charge is 0.335 e. The second-order valence-electron chi connectivity index (χ2n) is 6.86. The zero-order valence-corrected chi connectivity index (χ0v) is 14.9. The molecule has 0 bridgehead atoms.